The zero-order valence-corrected chi connectivity index (χ0v) is 12.8. The van der Waals surface area contributed by atoms with E-state index in [0.29, 0.717) is 18.0 Å². The summed E-state index contributed by atoms with van der Waals surface area (Å²) in [4.78, 5) is 24.0. The first-order valence-electron chi connectivity index (χ1n) is 6.88. The third kappa shape index (κ3) is 3.69. The maximum absolute atomic E-state index is 12.1. The molecule has 1 aromatic carbocycles. The second kappa shape index (κ2) is 6.97. The number of rotatable bonds is 6. The lowest BCUT2D eigenvalue weighted by Crippen LogP contribution is -2.26. The Kier molecular flexibility index (Phi) is 4.57. The minimum Gasteiger partial charge on any atom is -0.350 e. The first-order valence-corrected chi connectivity index (χ1v) is 7.87. The Morgan fingerprint density at radius 1 is 1.30 bits per heavy atom. The van der Waals surface area contributed by atoms with Gasteiger partial charge in [0.05, 0.1) is 11.9 Å². The molecule has 0 saturated carbocycles. The summed E-state index contributed by atoms with van der Waals surface area (Å²) < 4.78 is 1.33. The summed E-state index contributed by atoms with van der Waals surface area (Å²) in [5.41, 5.74) is 0.627. The molecule has 0 atom stereocenters. The van der Waals surface area contributed by atoms with Crippen LogP contribution in [0.15, 0.2) is 52.4 Å². The van der Waals surface area contributed by atoms with E-state index in [-0.39, 0.29) is 17.2 Å². The number of aromatic nitrogens is 5. The van der Waals surface area contributed by atoms with Crippen molar-refractivity contribution in [3.05, 3.63) is 58.6 Å². The molecule has 0 unspecified atom stereocenters. The van der Waals surface area contributed by atoms with E-state index in [9.17, 15) is 9.59 Å². The first-order chi connectivity index (χ1) is 11.2. The Balaban J connectivity index is 1.59. The SMILES string of the molecule is O=C(NCCSc1cn[nH]n1)c1cc(=O)n(-c2ccccc2)[nH]1. The number of H-pyrrole nitrogens is 2. The highest BCUT2D eigenvalue weighted by Crippen LogP contribution is 2.11. The van der Waals surface area contributed by atoms with E-state index in [4.69, 9.17) is 0 Å². The molecule has 0 aliphatic heterocycles. The van der Waals surface area contributed by atoms with Crippen molar-refractivity contribution in [3.8, 4) is 5.69 Å². The third-order valence-corrected chi connectivity index (χ3v) is 3.91. The number of nitrogens with zero attached hydrogens (tertiary/aromatic N) is 3. The number of nitrogens with one attached hydrogen (secondary N) is 3. The molecule has 8 nitrogen and oxygen atoms in total. The van der Waals surface area contributed by atoms with Crippen molar-refractivity contribution in [1.82, 2.24) is 30.5 Å². The van der Waals surface area contributed by atoms with Crippen LogP contribution >= 0.6 is 11.8 Å². The average molecular weight is 330 g/mol. The van der Waals surface area contributed by atoms with Crippen molar-refractivity contribution in [3.63, 3.8) is 0 Å². The molecule has 23 heavy (non-hydrogen) atoms. The lowest BCUT2D eigenvalue weighted by molar-refractivity contribution is 0.0951. The van der Waals surface area contributed by atoms with Gasteiger partial charge in [0.25, 0.3) is 11.5 Å². The van der Waals surface area contributed by atoms with Crippen LogP contribution in [0.3, 0.4) is 0 Å². The molecule has 3 aromatic rings. The lowest BCUT2D eigenvalue weighted by atomic mass is 10.3. The van der Waals surface area contributed by atoms with E-state index < -0.39 is 0 Å². The van der Waals surface area contributed by atoms with Crippen LogP contribution in [0.1, 0.15) is 10.5 Å². The van der Waals surface area contributed by atoms with Crippen molar-refractivity contribution >= 4 is 17.7 Å². The van der Waals surface area contributed by atoms with Crippen LogP contribution in [0.5, 0.6) is 0 Å². The topological polar surface area (TPSA) is 108 Å². The van der Waals surface area contributed by atoms with Crippen molar-refractivity contribution in [1.29, 1.82) is 0 Å². The van der Waals surface area contributed by atoms with Crippen LogP contribution in [-0.4, -0.2) is 43.4 Å². The molecule has 1 amide bonds. The van der Waals surface area contributed by atoms with Gasteiger partial charge in [-0.1, -0.05) is 18.2 Å². The highest BCUT2D eigenvalue weighted by atomic mass is 32.2. The van der Waals surface area contributed by atoms with Gasteiger partial charge in [-0.15, -0.1) is 16.9 Å². The summed E-state index contributed by atoms with van der Waals surface area (Å²) in [5.74, 6) is 0.333. The molecule has 2 aromatic heterocycles. The largest absolute Gasteiger partial charge is 0.350 e. The second-order valence-electron chi connectivity index (χ2n) is 4.59. The molecular weight excluding hydrogens is 316 g/mol. The van der Waals surface area contributed by atoms with E-state index in [2.05, 4.69) is 25.8 Å². The Morgan fingerprint density at radius 2 is 2.13 bits per heavy atom. The highest BCUT2D eigenvalue weighted by Gasteiger charge is 2.11. The number of hydrogen-bond acceptors (Lipinski definition) is 5. The monoisotopic (exact) mass is 330 g/mol. The summed E-state index contributed by atoms with van der Waals surface area (Å²) in [5, 5.41) is 16.4. The molecule has 118 valence electrons. The molecule has 0 bridgehead atoms. The van der Waals surface area contributed by atoms with Gasteiger partial charge >= 0.3 is 0 Å². The number of thioether (sulfide) groups is 1. The summed E-state index contributed by atoms with van der Waals surface area (Å²) in [6.45, 7) is 0.453. The molecule has 2 heterocycles. The molecule has 0 fully saturated rings. The maximum atomic E-state index is 12.1. The standard InChI is InChI=1S/C14H14N6O2S/c21-13-8-11(18-20(13)10-4-2-1-3-5-10)14(22)15-6-7-23-12-9-16-19-17-12/h1-5,8-9,18H,6-7H2,(H,15,22)(H,16,17,19). The van der Waals surface area contributed by atoms with Gasteiger partial charge in [-0.2, -0.15) is 10.3 Å². The number of para-hydroxylation sites is 1. The first kappa shape index (κ1) is 15.1. The quantitative estimate of drug-likeness (QED) is 0.458. The van der Waals surface area contributed by atoms with Gasteiger partial charge in [0.2, 0.25) is 0 Å². The van der Waals surface area contributed by atoms with Gasteiger partial charge in [0.15, 0.2) is 0 Å². The Morgan fingerprint density at radius 3 is 2.87 bits per heavy atom. The van der Waals surface area contributed by atoms with Crippen LogP contribution in [0.4, 0.5) is 0 Å². The number of benzene rings is 1. The van der Waals surface area contributed by atoms with E-state index in [1.807, 2.05) is 18.2 Å². The van der Waals surface area contributed by atoms with E-state index in [0.717, 1.165) is 5.03 Å². The van der Waals surface area contributed by atoms with Gasteiger partial charge < -0.3 is 5.32 Å². The van der Waals surface area contributed by atoms with Crippen LogP contribution in [-0.2, 0) is 0 Å². The van der Waals surface area contributed by atoms with Crippen molar-refractivity contribution < 1.29 is 4.79 Å². The van der Waals surface area contributed by atoms with Crippen LogP contribution in [0.25, 0.3) is 5.69 Å². The molecule has 0 saturated heterocycles. The van der Waals surface area contributed by atoms with Gasteiger partial charge in [0, 0.05) is 18.4 Å². The molecule has 0 spiro atoms. The normalized spacial score (nSPS) is 10.6. The Bertz CT molecular complexity index is 825. The molecule has 0 radical (unpaired) electrons. The van der Waals surface area contributed by atoms with Crippen molar-refractivity contribution in [2.24, 2.45) is 0 Å². The number of carbonyl (C=O) groups excluding carboxylic acids is 1. The summed E-state index contributed by atoms with van der Waals surface area (Å²) in [7, 11) is 0. The van der Waals surface area contributed by atoms with Crippen LogP contribution in [0, 0.1) is 0 Å². The van der Waals surface area contributed by atoms with Crippen molar-refractivity contribution in [2.75, 3.05) is 12.3 Å². The number of carbonyl (C=O) groups is 1. The van der Waals surface area contributed by atoms with E-state index in [1.54, 1.807) is 18.3 Å². The molecule has 9 heteroatoms. The van der Waals surface area contributed by atoms with Crippen LogP contribution in [0.2, 0.25) is 0 Å². The predicted molar refractivity (Wildman–Crippen MR) is 85.8 cm³/mol. The minimum absolute atomic E-state index is 0.227. The smallest absolute Gasteiger partial charge is 0.271 e. The predicted octanol–water partition coefficient (Wildman–Crippen LogP) is 0.806. The van der Waals surface area contributed by atoms with Gasteiger partial charge in [-0.25, -0.2) is 4.68 Å². The van der Waals surface area contributed by atoms with Crippen LogP contribution < -0.4 is 10.9 Å². The number of amides is 1. The molecule has 0 aliphatic carbocycles. The van der Waals surface area contributed by atoms with Gasteiger partial charge in [-0.3, -0.25) is 14.7 Å². The Labute approximate surface area is 135 Å². The van der Waals surface area contributed by atoms with Crippen molar-refractivity contribution in [2.45, 2.75) is 5.03 Å². The summed E-state index contributed by atoms with van der Waals surface area (Å²) >= 11 is 1.47. The maximum Gasteiger partial charge on any atom is 0.271 e. The second-order valence-corrected chi connectivity index (χ2v) is 5.71. The van der Waals surface area contributed by atoms with Gasteiger partial charge in [0.1, 0.15) is 10.7 Å². The number of aromatic amines is 2. The fourth-order valence-electron chi connectivity index (χ4n) is 1.96. The lowest BCUT2D eigenvalue weighted by Gasteiger charge is -2.03. The van der Waals surface area contributed by atoms with E-state index in [1.165, 1.54) is 22.5 Å². The highest BCUT2D eigenvalue weighted by molar-refractivity contribution is 7.99. The fraction of sp³-hybridized carbons (Fsp3) is 0.143. The fourth-order valence-corrected chi connectivity index (χ4v) is 2.60. The minimum atomic E-state index is -0.322. The third-order valence-electron chi connectivity index (χ3n) is 3.01. The number of hydrogen-bond donors (Lipinski definition) is 3. The molecule has 0 aliphatic rings. The van der Waals surface area contributed by atoms with Gasteiger partial charge in [-0.05, 0) is 12.1 Å². The zero-order chi connectivity index (χ0) is 16.1. The van der Waals surface area contributed by atoms with E-state index >= 15 is 0 Å². The zero-order valence-electron chi connectivity index (χ0n) is 12.0. The Hall–Kier alpha value is -2.81. The molecular formula is C14H14N6O2S. The molecule has 3 rings (SSSR count). The summed E-state index contributed by atoms with van der Waals surface area (Å²) in [6.07, 6.45) is 1.62. The average Bonchev–Trinajstić information content (AvgIpc) is 3.22. The summed E-state index contributed by atoms with van der Waals surface area (Å²) in [6, 6.07) is 10.4. The molecule has 3 N–H and O–H groups in total.